The molecule has 2 aromatic rings. The summed E-state index contributed by atoms with van der Waals surface area (Å²) in [6, 6.07) is 4.33. The molecule has 1 aromatic carbocycles. The van der Waals surface area contributed by atoms with Crippen LogP contribution < -0.4 is 10.6 Å². The zero-order valence-corrected chi connectivity index (χ0v) is 24.2. The van der Waals surface area contributed by atoms with Crippen LogP contribution in [0.3, 0.4) is 0 Å². The van der Waals surface area contributed by atoms with Gasteiger partial charge in [-0.1, -0.05) is 0 Å². The summed E-state index contributed by atoms with van der Waals surface area (Å²) in [7, 11) is 8.66. The molecule has 12 nitrogen and oxygen atoms in total. The fraction of sp³-hybridized carbons (Fsp3) is 0.433. The molecule has 0 saturated heterocycles. The third-order valence-electron chi connectivity index (χ3n) is 8.70. The van der Waals surface area contributed by atoms with Crippen molar-refractivity contribution in [2.75, 3.05) is 40.1 Å². The maximum Gasteiger partial charge on any atom is 0.255 e. The highest BCUT2D eigenvalue weighted by molar-refractivity contribution is 6.24. The Labute approximate surface area is 242 Å². The van der Waals surface area contributed by atoms with Gasteiger partial charge in [0.1, 0.15) is 28.6 Å². The molecule has 0 spiro atoms. The number of benzene rings is 1. The van der Waals surface area contributed by atoms with E-state index in [1.54, 1.807) is 26.4 Å². The third kappa shape index (κ3) is 4.29. The van der Waals surface area contributed by atoms with Crippen molar-refractivity contribution >= 4 is 28.9 Å². The van der Waals surface area contributed by atoms with Crippen molar-refractivity contribution in [1.82, 2.24) is 9.80 Å². The average molecular weight is 581 g/mol. The summed E-state index contributed by atoms with van der Waals surface area (Å²) >= 11 is 0. The Morgan fingerprint density at radius 3 is 2.38 bits per heavy atom. The number of hydrogen-bond donors (Lipinski definition) is 5. The number of furan rings is 1. The SMILES string of the molecule is CN(Cc1ccco1)Cc1cc(N(C)C)c2c(c1O)C(O)=C1C(=O)[C@]3(O)C(O)=C(C(N)=O)C(=O)[C@@H](N(C)C)C3CC1C2. The van der Waals surface area contributed by atoms with E-state index in [2.05, 4.69) is 0 Å². The summed E-state index contributed by atoms with van der Waals surface area (Å²) in [5.41, 5.74) is 3.61. The zero-order chi connectivity index (χ0) is 30.8. The lowest BCUT2D eigenvalue weighted by molar-refractivity contribution is -0.153. The number of likely N-dealkylation sites (N-methyl/N-ethyl adjacent to an activating group) is 1. The number of phenols is 1. The number of nitrogens with two attached hydrogens (primary N) is 1. The largest absolute Gasteiger partial charge is 0.508 e. The molecular weight excluding hydrogens is 544 g/mol. The lowest BCUT2D eigenvalue weighted by Gasteiger charge is -2.50. The normalized spacial score (nSPS) is 25.6. The topological polar surface area (TPSA) is 181 Å². The predicted octanol–water partition coefficient (Wildman–Crippen LogP) is 1.26. The molecule has 1 heterocycles. The first kappa shape index (κ1) is 29.4. The Morgan fingerprint density at radius 2 is 1.81 bits per heavy atom. The quantitative estimate of drug-likeness (QED) is 0.297. The number of carbonyl (C=O) groups excluding carboxylic acids is 3. The van der Waals surface area contributed by atoms with E-state index in [0.29, 0.717) is 17.7 Å². The lowest BCUT2D eigenvalue weighted by Crippen LogP contribution is -2.65. The number of aliphatic hydroxyl groups is 3. The zero-order valence-electron chi connectivity index (χ0n) is 24.2. The van der Waals surface area contributed by atoms with Gasteiger partial charge in [-0.15, -0.1) is 0 Å². The van der Waals surface area contributed by atoms with E-state index < -0.39 is 58.0 Å². The van der Waals surface area contributed by atoms with Crippen LogP contribution in [-0.4, -0.2) is 94.6 Å². The molecular formula is C30H36N4O8. The number of carbonyl (C=O) groups is 3. The van der Waals surface area contributed by atoms with Crippen LogP contribution in [0.25, 0.3) is 5.76 Å². The minimum absolute atomic E-state index is 0.0348. The first-order valence-corrected chi connectivity index (χ1v) is 13.6. The van der Waals surface area contributed by atoms with E-state index in [9.17, 15) is 34.8 Å². The first-order valence-electron chi connectivity index (χ1n) is 13.6. The van der Waals surface area contributed by atoms with E-state index in [0.717, 1.165) is 11.4 Å². The fourth-order valence-corrected chi connectivity index (χ4v) is 6.88. The second kappa shape index (κ2) is 10.3. The molecule has 12 heteroatoms. The van der Waals surface area contributed by atoms with Crippen molar-refractivity contribution in [1.29, 1.82) is 0 Å². The van der Waals surface area contributed by atoms with E-state index in [-0.39, 0.29) is 36.3 Å². The maximum absolute atomic E-state index is 14.1. The Balaban J connectivity index is 1.66. The van der Waals surface area contributed by atoms with Crippen molar-refractivity contribution in [3.63, 3.8) is 0 Å². The second-order valence-electron chi connectivity index (χ2n) is 11.9. The molecule has 0 bridgehead atoms. The number of anilines is 1. The molecule has 3 aliphatic carbocycles. The fourth-order valence-electron chi connectivity index (χ4n) is 6.88. The number of amides is 1. The number of ketones is 2. The molecule has 4 atom stereocenters. The van der Waals surface area contributed by atoms with Crippen LogP contribution in [0, 0.1) is 11.8 Å². The van der Waals surface area contributed by atoms with E-state index in [4.69, 9.17) is 10.2 Å². The number of aliphatic hydroxyl groups excluding tert-OH is 2. The Kier molecular flexibility index (Phi) is 7.20. The molecule has 42 heavy (non-hydrogen) atoms. The highest BCUT2D eigenvalue weighted by Crippen LogP contribution is 2.54. The standard InChI is InChI=1S/C30H36N4O8/c1-32(2)19-11-15(12-34(5)13-16-7-6-8-42-16)24(35)21-17(19)9-14-10-18-23(33(3)4)26(37)22(29(31)40)28(39)30(18,41)27(38)20(14)25(21)36/h6-8,11,14,18,23,35-36,39,41H,9-10,12-13H2,1-5H3,(H2,31,40)/t14?,18?,23-,30-/m0/s1. The van der Waals surface area contributed by atoms with Crippen LogP contribution in [0.15, 0.2) is 45.8 Å². The molecule has 6 N–H and O–H groups in total. The van der Waals surface area contributed by atoms with Crippen molar-refractivity contribution in [3.8, 4) is 5.75 Å². The molecule has 1 saturated carbocycles. The van der Waals surface area contributed by atoms with Gasteiger partial charge in [0.15, 0.2) is 11.4 Å². The van der Waals surface area contributed by atoms with Gasteiger partial charge >= 0.3 is 0 Å². The van der Waals surface area contributed by atoms with Gasteiger partial charge in [-0.3, -0.25) is 24.2 Å². The summed E-state index contributed by atoms with van der Waals surface area (Å²) in [5.74, 6) is -5.95. The number of phenolic OH excluding ortho intramolecular Hbond substituents is 1. The van der Waals surface area contributed by atoms with Crippen LogP contribution >= 0.6 is 0 Å². The van der Waals surface area contributed by atoms with E-state index in [1.807, 2.05) is 43.1 Å². The second-order valence-corrected chi connectivity index (χ2v) is 11.9. The van der Waals surface area contributed by atoms with Crippen molar-refractivity contribution < 1.29 is 39.2 Å². The smallest absolute Gasteiger partial charge is 0.255 e. The maximum atomic E-state index is 14.1. The van der Waals surface area contributed by atoms with Gasteiger partial charge in [0.05, 0.1) is 24.4 Å². The van der Waals surface area contributed by atoms with Crippen molar-refractivity contribution in [2.45, 2.75) is 37.6 Å². The highest BCUT2D eigenvalue weighted by atomic mass is 16.3. The number of primary amides is 1. The highest BCUT2D eigenvalue weighted by Gasteiger charge is 2.64. The molecule has 224 valence electrons. The number of fused-ring (bicyclic) bond motifs is 3. The van der Waals surface area contributed by atoms with Gasteiger partial charge in [-0.05, 0) is 63.7 Å². The monoisotopic (exact) mass is 580 g/mol. The third-order valence-corrected chi connectivity index (χ3v) is 8.70. The number of aromatic hydroxyl groups is 1. The number of Topliss-reactive ketones (excluding diaryl/α,β-unsaturated/α-hetero) is 2. The van der Waals surface area contributed by atoms with E-state index in [1.165, 1.54) is 4.90 Å². The molecule has 1 fully saturated rings. The van der Waals surface area contributed by atoms with Crippen LogP contribution in [-0.2, 0) is 33.9 Å². The minimum atomic E-state index is -2.68. The van der Waals surface area contributed by atoms with Crippen LogP contribution in [0.2, 0.25) is 0 Å². The molecule has 0 aliphatic heterocycles. The van der Waals surface area contributed by atoms with Gasteiger partial charge in [0.2, 0.25) is 5.78 Å². The van der Waals surface area contributed by atoms with Crippen LogP contribution in [0.1, 0.15) is 28.9 Å². The molecule has 1 aromatic heterocycles. The van der Waals surface area contributed by atoms with Gasteiger partial charge in [0, 0.05) is 43.4 Å². The average Bonchev–Trinajstić information content (AvgIpc) is 3.40. The Morgan fingerprint density at radius 1 is 1.12 bits per heavy atom. The molecule has 1 amide bonds. The van der Waals surface area contributed by atoms with Gasteiger partial charge in [-0.25, -0.2) is 0 Å². The Hall–Kier alpha value is -4.13. The number of nitrogens with zero attached hydrogens (tertiary/aromatic N) is 3. The summed E-state index contributed by atoms with van der Waals surface area (Å²) in [4.78, 5) is 44.8. The summed E-state index contributed by atoms with van der Waals surface area (Å²) < 4.78 is 5.43. The lowest BCUT2D eigenvalue weighted by atomic mass is 9.57. The molecule has 0 radical (unpaired) electrons. The Bertz CT molecular complexity index is 1540. The minimum Gasteiger partial charge on any atom is -0.508 e. The van der Waals surface area contributed by atoms with Gasteiger partial charge in [0.25, 0.3) is 5.91 Å². The first-order chi connectivity index (χ1) is 19.7. The van der Waals surface area contributed by atoms with Gasteiger partial charge in [-0.2, -0.15) is 0 Å². The predicted molar refractivity (Wildman–Crippen MR) is 152 cm³/mol. The molecule has 2 unspecified atom stereocenters. The summed E-state index contributed by atoms with van der Waals surface area (Å²) in [5, 5.41) is 46.0. The van der Waals surface area contributed by atoms with Crippen LogP contribution in [0.5, 0.6) is 5.75 Å². The number of rotatable bonds is 7. The van der Waals surface area contributed by atoms with Crippen LogP contribution in [0.4, 0.5) is 5.69 Å². The molecule has 3 aliphatic rings. The summed E-state index contributed by atoms with van der Waals surface area (Å²) in [6.45, 7) is 0.743. The molecule has 5 rings (SSSR count). The summed E-state index contributed by atoms with van der Waals surface area (Å²) in [6.07, 6.45) is 1.83. The number of hydrogen-bond acceptors (Lipinski definition) is 11. The van der Waals surface area contributed by atoms with Gasteiger partial charge < -0.3 is 35.5 Å². The van der Waals surface area contributed by atoms with Crippen molar-refractivity contribution in [3.05, 3.63) is 63.8 Å². The van der Waals surface area contributed by atoms with E-state index >= 15 is 0 Å². The van der Waals surface area contributed by atoms with Crippen molar-refractivity contribution in [2.24, 2.45) is 17.6 Å².